The van der Waals surface area contributed by atoms with Crippen LogP contribution in [0.25, 0.3) is 0 Å². The van der Waals surface area contributed by atoms with Crippen molar-refractivity contribution in [1.29, 1.82) is 0 Å². The van der Waals surface area contributed by atoms with Crippen molar-refractivity contribution in [3.8, 4) is 0 Å². The van der Waals surface area contributed by atoms with Crippen molar-refractivity contribution in [2.24, 2.45) is 4.99 Å². The molecule has 2 atom stereocenters. The smallest absolute Gasteiger partial charge is 0.218 e. The van der Waals surface area contributed by atoms with Gasteiger partial charge in [-0.2, -0.15) is 9.49 Å². The molecule has 0 aliphatic carbocycles. The third-order valence-corrected chi connectivity index (χ3v) is 4.84. The molecular weight excluding hydrogens is 359 g/mol. The van der Waals surface area contributed by atoms with E-state index in [9.17, 15) is 4.39 Å². The zero-order valence-electron chi connectivity index (χ0n) is 14.1. The van der Waals surface area contributed by atoms with Crippen LogP contribution in [0.3, 0.4) is 0 Å². The molecule has 2 aromatic heterocycles. The topological polar surface area (TPSA) is 92.0 Å². The third-order valence-electron chi connectivity index (χ3n) is 4.57. The summed E-state index contributed by atoms with van der Waals surface area (Å²) in [7, 11) is 0. The number of rotatable bonds is 3. The molecule has 0 saturated carbocycles. The minimum absolute atomic E-state index is 0.0231. The summed E-state index contributed by atoms with van der Waals surface area (Å²) in [5, 5.41) is 12.9. The molecule has 4 heterocycles. The highest BCUT2D eigenvalue weighted by Gasteiger charge is 2.32. The van der Waals surface area contributed by atoms with Crippen molar-refractivity contribution in [1.82, 2.24) is 30.4 Å². The summed E-state index contributed by atoms with van der Waals surface area (Å²) in [6.45, 7) is 3.98. The molecule has 0 amide bonds. The molecule has 2 aromatic rings. The van der Waals surface area contributed by atoms with Crippen LogP contribution in [-0.2, 0) is 5.41 Å². The Morgan fingerprint density at radius 2 is 2.27 bits per heavy atom. The first-order valence-corrected chi connectivity index (χ1v) is 8.62. The summed E-state index contributed by atoms with van der Waals surface area (Å²) >= 11 is 5.96. The van der Waals surface area contributed by atoms with E-state index in [-0.39, 0.29) is 16.4 Å². The number of aromatic nitrogens is 4. The van der Waals surface area contributed by atoms with Crippen LogP contribution < -0.4 is 16.0 Å². The van der Waals surface area contributed by atoms with E-state index in [2.05, 4.69) is 42.9 Å². The molecule has 0 aromatic carbocycles. The quantitative estimate of drug-likeness (QED) is 0.708. The number of aliphatic imine (C=N–C) groups is 1. The molecule has 1 fully saturated rings. The van der Waals surface area contributed by atoms with Crippen molar-refractivity contribution < 1.29 is 4.39 Å². The molecule has 10 heteroatoms. The molecule has 4 rings (SSSR count). The van der Waals surface area contributed by atoms with Crippen LogP contribution >= 0.6 is 11.6 Å². The van der Waals surface area contributed by atoms with Gasteiger partial charge in [-0.15, -0.1) is 0 Å². The molecule has 2 unspecified atom stereocenters. The van der Waals surface area contributed by atoms with Gasteiger partial charge in [-0.05, 0) is 19.0 Å². The molecule has 2 aliphatic rings. The average Bonchev–Trinajstić information content (AvgIpc) is 3.32. The van der Waals surface area contributed by atoms with E-state index in [4.69, 9.17) is 11.6 Å². The Balaban J connectivity index is 1.55. The average molecular weight is 377 g/mol. The monoisotopic (exact) mass is 376 g/mol. The van der Waals surface area contributed by atoms with Gasteiger partial charge in [-0.1, -0.05) is 18.5 Å². The normalized spacial score (nSPS) is 25.8. The van der Waals surface area contributed by atoms with Gasteiger partial charge in [0.1, 0.15) is 11.0 Å². The Morgan fingerprint density at radius 3 is 2.92 bits per heavy atom. The Morgan fingerprint density at radius 1 is 1.38 bits per heavy atom. The highest BCUT2D eigenvalue weighted by molar-refractivity contribution is 6.32. The second kappa shape index (κ2) is 6.65. The van der Waals surface area contributed by atoms with Crippen LogP contribution in [-0.4, -0.2) is 38.7 Å². The van der Waals surface area contributed by atoms with Gasteiger partial charge in [-0.3, -0.25) is 4.98 Å². The second-order valence-electron chi connectivity index (χ2n) is 6.51. The lowest BCUT2D eigenvalue weighted by atomic mass is 9.86. The Labute approximate surface area is 154 Å². The molecular formula is C16H18ClFN8. The lowest BCUT2D eigenvalue weighted by Crippen LogP contribution is -2.32. The van der Waals surface area contributed by atoms with Crippen LogP contribution in [0, 0.1) is 0 Å². The standard InChI is InChI=1S/C16H18ClFN8/c1-16(3-5-19-9-16)10-7-21-11(8-20-10)23-14-12(18)13(17)24-15(25-14)26-6-2-4-22-26/h2,4,6-8,15,19,24H,3,5,9H2,1H3,(H,21,23,25). The first-order chi connectivity index (χ1) is 12.5. The minimum atomic E-state index is -0.687. The lowest BCUT2D eigenvalue weighted by Gasteiger charge is -2.23. The molecule has 0 spiro atoms. The van der Waals surface area contributed by atoms with Crippen LogP contribution in [0.4, 0.5) is 10.2 Å². The molecule has 0 bridgehead atoms. The van der Waals surface area contributed by atoms with Crippen molar-refractivity contribution in [3.05, 3.63) is 47.5 Å². The van der Waals surface area contributed by atoms with E-state index in [1.54, 1.807) is 30.9 Å². The van der Waals surface area contributed by atoms with E-state index in [0.29, 0.717) is 5.82 Å². The highest BCUT2D eigenvalue weighted by atomic mass is 35.5. The molecule has 0 radical (unpaired) electrons. The molecule has 8 nitrogen and oxygen atoms in total. The van der Waals surface area contributed by atoms with Gasteiger partial charge >= 0.3 is 0 Å². The predicted molar refractivity (Wildman–Crippen MR) is 96.3 cm³/mol. The Hall–Kier alpha value is -2.52. The minimum Gasteiger partial charge on any atom is -0.333 e. The summed E-state index contributed by atoms with van der Waals surface area (Å²) < 4.78 is 15.9. The fourth-order valence-electron chi connectivity index (χ4n) is 2.99. The summed E-state index contributed by atoms with van der Waals surface area (Å²) in [6.07, 6.45) is 6.96. The second-order valence-corrected chi connectivity index (χ2v) is 6.89. The summed E-state index contributed by atoms with van der Waals surface area (Å²) in [4.78, 5) is 13.1. The van der Waals surface area contributed by atoms with E-state index in [1.165, 1.54) is 4.68 Å². The van der Waals surface area contributed by atoms with Gasteiger partial charge in [0.2, 0.25) is 6.29 Å². The summed E-state index contributed by atoms with van der Waals surface area (Å²) in [5.41, 5.74) is 0.876. The first-order valence-electron chi connectivity index (χ1n) is 8.24. The summed E-state index contributed by atoms with van der Waals surface area (Å²) in [5.74, 6) is -0.319. The fraction of sp³-hybridized carbons (Fsp3) is 0.375. The Kier molecular flexibility index (Phi) is 4.33. The molecule has 3 N–H and O–H groups in total. The van der Waals surface area contributed by atoms with Crippen LogP contribution in [0.5, 0.6) is 0 Å². The van der Waals surface area contributed by atoms with Crippen LogP contribution in [0.15, 0.2) is 46.8 Å². The molecule has 26 heavy (non-hydrogen) atoms. The van der Waals surface area contributed by atoms with Gasteiger partial charge in [0.15, 0.2) is 11.7 Å². The van der Waals surface area contributed by atoms with Crippen molar-refractivity contribution in [2.45, 2.75) is 25.0 Å². The Bertz CT molecular complexity index is 840. The van der Waals surface area contributed by atoms with Crippen LogP contribution in [0.2, 0.25) is 0 Å². The van der Waals surface area contributed by atoms with Gasteiger partial charge in [0.25, 0.3) is 0 Å². The lowest BCUT2D eigenvalue weighted by molar-refractivity contribution is 0.412. The highest BCUT2D eigenvalue weighted by Crippen LogP contribution is 2.28. The zero-order chi connectivity index (χ0) is 18.1. The van der Waals surface area contributed by atoms with Gasteiger partial charge in [-0.25, -0.2) is 14.7 Å². The maximum absolute atomic E-state index is 14.3. The van der Waals surface area contributed by atoms with Crippen molar-refractivity contribution in [2.75, 3.05) is 18.4 Å². The maximum Gasteiger partial charge on any atom is 0.218 e. The zero-order valence-corrected chi connectivity index (χ0v) is 14.8. The number of amidine groups is 1. The number of halogens is 2. The van der Waals surface area contributed by atoms with E-state index in [1.807, 2.05) is 0 Å². The number of hydrogen-bond donors (Lipinski definition) is 3. The van der Waals surface area contributed by atoms with Crippen molar-refractivity contribution in [3.63, 3.8) is 0 Å². The van der Waals surface area contributed by atoms with E-state index < -0.39 is 12.1 Å². The number of nitrogens with one attached hydrogen (secondary N) is 3. The molecule has 1 saturated heterocycles. The largest absolute Gasteiger partial charge is 0.333 e. The number of anilines is 1. The van der Waals surface area contributed by atoms with Gasteiger partial charge in [0, 0.05) is 24.4 Å². The predicted octanol–water partition coefficient (Wildman–Crippen LogP) is 1.87. The van der Waals surface area contributed by atoms with Gasteiger partial charge in [0.05, 0.1) is 18.1 Å². The molecule has 136 valence electrons. The fourth-order valence-corrected chi connectivity index (χ4v) is 3.18. The van der Waals surface area contributed by atoms with E-state index in [0.717, 1.165) is 25.2 Å². The SMILES string of the molecule is CC1(c2cnc(NC3=NC(n4cccn4)NC(Cl)=C3F)cn2)CCNC1. The molecule has 2 aliphatic heterocycles. The first kappa shape index (κ1) is 16.9. The van der Waals surface area contributed by atoms with Crippen molar-refractivity contribution >= 4 is 23.3 Å². The van der Waals surface area contributed by atoms with Gasteiger partial charge < -0.3 is 16.0 Å². The maximum atomic E-state index is 14.3. The number of nitrogens with zero attached hydrogens (tertiary/aromatic N) is 5. The summed E-state index contributed by atoms with van der Waals surface area (Å²) in [6, 6.07) is 1.75. The number of hydrogen-bond acceptors (Lipinski definition) is 7. The third kappa shape index (κ3) is 3.15. The van der Waals surface area contributed by atoms with Crippen LogP contribution in [0.1, 0.15) is 25.3 Å². The van der Waals surface area contributed by atoms with E-state index >= 15 is 0 Å².